The molecule has 3 rings (SSSR count). The Labute approximate surface area is 119 Å². The molecule has 0 fully saturated rings. The fourth-order valence-corrected chi connectivity index (χ4v) is 2.95. The number of aromatic nitrogens is 1. The number of hydrogen-bond acceptors (Lipinski definition) is 2. The lowest BCUT2D eigenvalue weighted by Crippen LogP contribution is -2.27. The zero-order valence-corrected chi connectivity index (χ0v) is 11.5. The summed E-state index contributed by atoms with van der Waals surface area (Å²) in [6.45, 7) is 0.895. The van der Waals surface area contributed by atoms with Crippen LogP contribution in [0.25, 0.3) is 0 Å². The number of rotatable bonds is 4. The van der Waals surface area contributed by atoms with Gasteiger partial charge in [0.25, 0.3) is 0 Å². The molecule has 0 aliphatic heterocycles. The standard InChI is InChI=1S/C17H19FN2/c18-16-7-1-6-15-14(16)5-2-8-17(15)20-11-9-13-4-3-10-19-12-13/h1,3-4,6-7,10,12,17,20H,2,5,8-9,11H2. The first-order valence-electron chi connectivity index (χ1n) is 7.24. The molecule has 1 aromatic heterocycles. The van der Waals surface area contributed by atoms with Crippen molar-refractivity contribution >= 4 is 0 Å². The number of halogens is 1. The third-order valence-electron chi connectivity index (χ3n) is 3.98. The average Bonchev–Trinajstić information content (AvgIpc) is 2.49. The molecule has 0 bridgehead atoms. The van der Waals surface area contributed by atoms with E-state index in [1.807, 2.05) is 18.3 Å². The van der Waals surface area contributed by atoms with Gasteiger partial charge >= 0.3 is 0 Å². The summed E-state index contributed by atoms with van der Waals surface area (Å²) in [6.07, 6.45) is 7.65. The predicted octanol–water partition coefficient (Wildman–Crippen LogP) is 3.43. The third kappa shape index (κ3) is 2.88. The summed E-state index contributed by atoms with van der Waals surface area (Å²) in [4.78, 5) is 4.12. The Morgan fingerprint density at radius 2 is 2.20 bits per heavy atom. The largest absolute Gasteiger partial charge is 0.310 e. The molecule has 1 heterocycles. The van der Waals surface area contributed by atoms with Crippen LogP contribution in [0, 0.1) is 5.82 Å². The van der Waals surface area contributed by atoms with Crippen LogP contribution in [0.3, 0.4) is 0 Å². The summed E-state index contributed by atoms with van der Waals surface area (Å²) in [7, 11) is 0. The molecule has 0 radical (unpaired) electrons. The molecule has 104 valence electrons. The summed E-state index contributed by atoms with van der Waals surface area (Å²) in [5.41, 5.74) is 3.27. The molecule has 2 nitrogen and oxygen atoms in total. The summed E-state index contributed by atoms with van der Waals surface area (Å²) in [6, 6.07) is 9.76. The van der Waals surface area contributed by atoms with E-state index in [2.05, 4.69) is 22.4 Å². The molecule has 1 unspecified atom stereocenters. The van der Waals surface area contributed by atoms with E-state index in [9.17, 15) is 4.39 Å². The highest BCUT2D eigenvalue weighted by atomic mass is 19.1. The molecule has 1 aliphatic rings. The number of benzene rings is 1. The Kier molecular flexibility index (Phi) is 4.07. The van der Waals surface area contributed by atoms with Gasteiger partial charge in [-0.25, -0.2) is 4.39 Å². The molecule has 1 aromatic carbocycles. The molecule has 1 N–H and O–H groups in total. The Morgan fingerprint density at radius 3 is 3.05 bits per heavy atom. The van der Waals surface area contributed by atoms with Crippen LogP contribution < -0.4 is 5.32 Å². The van der Waals surface area contributed by atoms with Crippen molar-refractivity contribution in [3.63, 3.8) is 0 Å². The smallest absolute Gasteiger partial charge is 0.126 e. The lowest BCUT2D eigenvalue weighted by molar-refractivity contribution is 0.451. The van der Waals surface area contributed by atoms with Crippen molar-refractivity contribution in [1.82, 2.24) is 10.3 Å². The van der Waals surface area contributed by atoms with Crippen molar-refractivity contribution in [2.24, 2.45) is 0 Å². The topological polar surface area (TPSA) is 24.9 Å². The molecule has 0 saturated heterocycles. The van der Waals surface area contributed by atoms with E-state index in [0.29, 0.717) is 0 Å². The van der Waals surface area contributed by atoms with Crippen LogP contribution in [0.2, 0.25) is 0 Å². The van der Waals surface area contributed by atoms with Gasteiger partial charge in [-0.1, -0.05) is 18.2 Å². The zero-order chi connectivity index (χ0) is 13.8. The molecule has 20 heavy (non-hydrogen) atoms. The quantitative estimate of drug-likeness (QED) is 0.920. The molecule has 3 heteroatoms. The highest BCUT2D eigenvalue weighted by Gasteiger charge is 2.21. The fraction of sp³-hybridized carbons (Fsp3) is 0.353. The van der Waals surface area contributed by atoms with Crippen LogP contribution >= 0.6 is 0 Å². The lowest BCUT2D eigenvalue weighted by Gasteiger charge is -2.26. The highest BCUT2D eigenvalue weighted by Crippen LogP contribution is 2.31. The Morgan fingerprint density at radius 1 is 1.25 bits per heavy atom. The van der Waals surface area contributed by atoms with Crippen molar-refractivity contribution in [3.8, 4) is 0 Å². The first-order chi connectivity index (χ1) is 9.84. The van der Waals surface area contributed by atoms with E-state index in [1.54, 1.807) is 12.3 Å². The maximum atomic E-state index is 13.8. The second kappa shape index (κ2) is 6.14. The molecule has 0 saturated carbocycles. The van der Waals surface area contributed by atoms with Crippen LogP contribution in [-0.4, -0.2) is 11.5 Å². The lowest BCUT2D eigenvalue weighted by atomic mass is 9.87. The first kappa shape index (κ1) is 13.3. The Balaban J connectivity index is 1.64. The van der Waals surface area contributed by atoms with Gasteiger partial charge in [0.2, 0.25) is 0 Å². The number of nitrogens with one attached hydrogen (secondary N) is 1. The van der Waals surface area contributed by atoms with Gasteiger partial charge in [0.05, 0.1) is 0 Å². The maximum Gasteiger partial charge on any atom is 0.126 e. The van der Waals surface area contributed by atoms with Crippen LogP contribution in [0.15, 0.2) is 42.7 Å². The minimum Gasteiger partial charge on any atom is -0.310 e. The Bertz CT molecular complexity index is 568. The van der Waals surface area contributed by atoms with E-state index >= 15 is 0 Å². The van der Waals surface area contributed by atoms with E-state index < -0.39 is 0 Å². The maximum absolute atomic E-state index is 13.8. The van der Waals surface area contributed by atoms with Gasteiger partial charge < -0.3 is 5.32 Å². The summed E-state index contributed by atoms with van der Waals surface area (Å²) in [5, 5.41) is 3.56. The SMILES string of the molecule is Fc1cccc2c1CCCC2NCCc1cccnc1. The van der Waals surface area contributed by atoms with E-state index in [4.69, 9.17) is 0 Å². The molecule has 0 spiro atoms. The normalized spacial score (nSPS) is 17.8. The van der Waals surface area contributed by atoms with Crippen LogP contribution in [0.1, 0.15) is 35.6 Å². The highest BCUT2D eigenvalue weighted by molar-refractivity contribution is 5.33. The fourth-order valence-electron chi connectivity index (χ4n) is 2.95. The number of nitrogens with zero attached hydrogens (tertiary/aromatic N) is 1. The van der Waals surface area contributed by atoms with Crippen molar-refractivity contribution in [3.05, 3.63) is 65.2 Å². The molecule has 0 amide bonds. The molecule has 2 aromatic rings. The van der Waals surface area contributed by atoms with E-state index in [-0.39, 0.29) is 11.9 Å². The third-order valence-corrected chi connectivity index (χ3v) is 3.98. The second-order valence-corrected chi connectivity index (χ2v) is 5.32. The molecular formula is C17H19FN2. The number of pyridine rings is 1. The minimum atomic E-state index is -0.0544. The first-order valence-corrected chi connectivity index (χ1v) is 7.24. The van der Waals surface area contributed by atoms with Crippen LogP contribution in [0.4, 0.5) is 4.39 Å². The van der Waals surface area contributed by atoms with E-state index in [0.717, 1.165) is 43.4 Å². The average molecular weight is 270 g/mol. The number of fused-ring (bicyclic) bond motifs is 1. The minimum absolute atomic E-state index is 0.0544. The summed E-state index contributed by atoms with van der Waals surface area (Å²) < 4.78 is 13.8. The van der Waals surface area contributed by atoms with Crippen LogP contribution in [-0.2, 0) is 12.8 Å². The van der Waals surface area contributed by atoms with Crippen LogP contribution in [0.5, 0.6) is 0 Å². The Hall–Kier alpha value is -1.74. The van der Waals surface area contributed by atoms with Gasteiger partial charge in [-0.3, -0.25) is 4.98 Å². The molecule has 1 aliphatic carbocycles. The second-order valence-electron chi connectivity index (χ2n) is 5.32. The van der Waals surface area contributed by atoms with Crippen molar-refractivity contribution < 1.29 is 4.39 Å². The van der Waals surface area contributed by atoms with Gasteiger partial charge in [-0.05, 0) is 61.1 Å². The monoisotopic (exact) mass is 270 g/mol. The molecular weight excluding hydrogens is 251 g/mol. The number of hydrogen-bond donors (Lipinski definition) is 1. The summed E-state index contributed by atoms with van der Waals surface area (Å²) >= 11 is 0. The summed E-state index contributed by atoms with van der Waals surface area (Å²) in [5.74, 6) is -0.0544. The van der Waals surface area contributed by atoms with Gasteiger partial charge in [0, 0.05) is 18.4 Å². The predicted molar refractivity (Wildman–Crippen MR) is 78.0 cm³/mol. The van der Waals surface area contributed by atoms with E-state index in [1.165, 1.54) is 5.56 Å². The van der Waals surface area contributed by atoms with Gasteiger partial charge in [0.15, 0.2) is 0 Å². The zero-order valence-electron chi connectivity index (χ0n) is 11.5. The molecule has 1 atom stereocenters. The van der Waals surface area contributed by atoms with Crippen molar-refractivity contribution in [2.45, 2.75) is 31.7 Å². The van der Waals surface area contributed by atoms with Gasteiger partial charge in [0.1, 0.15) is 5.82 Å². The van der Waals surface area contributed by atoms with Crippen molar-refractivity contribution in [2.75, 3.05) is 6.54 Å². The van der Waals surface area contributed by atoms with Gasteiger partial charge in [-0.15, -0.1) is 0 Å². The van der Waals surface area contributed by atoms with Gasteiger partial charge in [-0.2, -0.15) is 0 Å². The van der Waals surface area contributed by atoms with Crippen molar-refractivity contribution in [1.29, 1.82) is 0 Å².